The summed E-state index contributed by atoms with van der Waals surface area (Å²) in [6, 6.07) is 14.0. The molecular weight excluding hydrogens is 406 g/mol. The van der Waals surface area contributed by atoms with Gasteiger partial charge in [-0.05, 0) is 41.8 Å². The topological polar surface area (TPSA) is 24.8 Å². The number of nitrogens with zero attached hydrogens (tertiary/aromatic N) is 2. The van der Waals surface area contributed by atoms with Crippen LogP contribution in [0.5, 0.6) is 5.75 Å². The van der Waals surface area contributed by atoms with Gasteiger partial charge < -0.3 is 4.74 Å². The lowest BCUT2D eigenvalue weighted by Gasteiger charge is -2.38. The van der Waals surface area contributed by atoms with Gasteiger partial charge >= 0.3 is 0 Å². The minimum atomic E-state index is -0.741. The maximum atomic E-state index is 14.6. The van der Waals surface area contributed by atoms with E-state index in [0.29, 0.717) is 27.8 Å². The van der Waals surface area contributed by atoms with E-state index in [1.807, 2.05) is 29.6 Å². The summed E-state index contributed by atoms with van der Waals surface area (Å²) in [4.78, 5) is 1.09. The molecule has 0 amide bonds. The van der Waals surface area contributed by atoms with Gasteiger partial charge in [-0.1, -0.05) is 35.3 Å². The highest BCUT2D eigenvalue weighted by Gasteiger charge is 2.42. The largest absolute Gasteiger partial charge is 0.464 e. The summed E-state index contributed by atoms with van der Waals surface area (Å²) >= 11 is 14.2. The van der Waals surface area contributed by atoms with Crippen molar-refractivity contribution in [3.05, 3.63) is 85.8 Å². The van der Waals surface area contributed by atoms with Crippen molar-refractivity contribution in [2.45, 2.75) is 18.7 Å². The van der Waals surface area contributed by atoms with E-state index in [2.05, 4.69) is 0 Å². The fourth-order valence-electron chi connectivity index (χ4n) is 3.59. The molecule has 136 valence electrons. The molecule has 0 bridgehead atoms. The van der Waals surface area contributed by atoms with Gasteiger partial charge in [-0.2, -0.15) is 5.10 Å². The van der Waals surface area contributed by atoms with Crippen molar-refractivity contribution in [3.8, 4) is 5.75 Å². The van der Waals surface area contributed by atoms with E-state index in [4.69, 9.17) is 33.0 Å². The molecule has 2 aromatic carbocycles. The summed E-state index contributed by atoms with van der Waals surface area (Å²) in [6.07, 6.45) is -0.0467. The summed E-state index contributed by atoms with van der Waals surface area (Å²) in [7, 11) is 0. The zero-order chi connectivity index (χ0) is 18.5. The molecule has 0 aliphatic carbocycles. The molecule has 1 aromatic heterocycles. The van der Waals surface area contributed by atoms with Crippen LogP contribution in [-0.4, -0.2) is 10.7 Å². The minimum absolute atomic E-state index is 0.0924. The highest BCUT2D eigenvalue weighted by Crippen LogP contribution is 2.49. The highest BCUT2D eigenvalue weighted by molar-refractivity contribution is 7.12. The number of thiophene rings is 1. The summed E-state index contributed by atoms with van der Waals surface area (Å²) < 4.78 is 20.8. The van der Waals surface area contributed by atoms with Gasteiger partial charge in [0.05, 0.1) is 27.2 Å². The van der Waals surface area contributed by atoms with Gasteiger partial charge in [0.25, 0.3) is 0 Å². The highest BCUT2D eigenvalue weighted by atomic mass is 35.5. The molecule has 0 fully saturated rings. The van der Waals surface area contributed by atoms with E-state index in [0.717, 1.165) is 16.2 Å². The maximum absolute atomic E-state index is 14.6. The summed E-state index contributed by atoms with van der Waals surface area (Å²) in [5, 5.41) is 9.55. The quantitative estimate of drug-likeness (QED) is 0.478. The van der Waals surface area contributed by atoms with Crippen LogP contribution < -0.4 is 4.74 Å². The number of hydrogen-bond acceptors (Lipinski definition) is 4. The fourth-order valence-corrected chi connectivity index (χ4v) is 4.74. The molecule has 3 aromatic rings. The molecule has 2 aliphatic heterocycles. The van der Waals surface area contributed by atoms with Crippen LogP contribution in [0.2, 0.25) is 10.0 Å². The van der Waals surface area contributed by atoms with E-state index >= 15 is 0 Å². The molecule has 3 heterocycles. The van der Waals surface area contributed by atoms with Crippen molar-refractivity contribution in [2.75, 3.05) is 0 Å². The third kappa shape index (κ3) is 2.81. The number of benzene rings is 2. The fraction of sp³-hybridized carbons (Fsp3) is 0.150. The average Bonchev–Trinajstić information content (AvgIpc) is 3.31. The monoisotopic (exact) mass is 418 g/mol. The first-order valence-electron chi connectivity index (χ1n) is 8.41. The van der Waals surface area contributed by atoms with Crippen LogP contribution in [0.15, 0.2) is 59.0 Å². The lowest BCUT2D eigenvalue weighted by atomic mass is 9.97. The van der Waals surface area contributed by atoms with Gasteiger partial charge in [-0.25, -0.2) is 9.40 Å². The van der Waals surface area contributed by atoms with Crippen LogP contribution >= 0.6 is 34.5 Å². The number of hydrazone groups is 1. The predicted octanol–water partition coefficient (Wildman–Crippen LogP) is 6.44. The van der Waals surface area contributed by atoms with E-state index in [-0.39, 0.29) is 6.04 Å². The normalized spacial score (nSPS) is 20.7. The first-order chi connectivity index (χ1) is 13.1. The summed E-state index contributed by atoms with van der Waals surface area (Å²) in [5.74, 6) is 0.260. The number of rotatable bonds is 2. The molecular formula is C20H13Cl2FN2OS. The molecule has 7 heteroatoms. The Kier molecular flexibility index (Phi) is 4.11. The zero-order valence-electron chi connectivity index (χ0n) is 13.9. The summed E-state index contributed by atoms with van der Waals surface area (Å²) in [6.45, 7) is 0. The van der Waals surface area contributed by atoms with Crippen molar-refractivity contribution in [1.29, 1.82) is 0 Å². The Bertz CT molecular complexity index is 1030. The lowest BCUT2D eigenvalue weighted by Crippen LogP contribution is -2.34. The third-order valence-corrected chi connectivity index (χ3v) is 6.29. The Hall–Kier alpha value is -2.08. The molecule has 0 N–H and O–H groups in total. The van der Waals surface area contributed by atoms with Crippen LogP contribution in [0.1, 0.15) is 34.7 Å². The van der Waals surface area contributed by atoms with Crippen LogP contribution in [0.3, 0.4) is 0 Å². The molecule has 27 heavy (non-hydrogen) atoms. The number of ether oxygens (including phenoxy) is 1. The van der Waals surface area contributed by atoms with Crippen molar-refractivity contribution in [3.63, 3.8) is 0 Å². The Morgan fingerprint density at radius 2 is 2.04 bits per heavy atom. The molecule has 0 radical (unpaired) electrons. The van der Waals surface area contributed by atoms with Gasteiger partial charge in [0.15, 0.2) is 0 Å². The SMILES string of the molecule is Fc1cccc(Cl)c1[C@H]1Oc2ccc(Cl)cc2[C@H]2CC(c3cccs3)=NN21. The van der Waals surface area contributed by atoms with Crippen LogP contribution in [0, 0.1) is 5.82 Å². The molecule has 2 atom stereocenters. The van der Waals surface area contributed by atoms with Crippen LogP contribution in [0.4, 0.5) is 4.39 Å². The van der Waals surface area contributed by atoms with E-state index in [1.165, 1.54) is 6.07 Å². The van der Waals surface area contributed by atoms with Crippen molar-refractivity contribution >= 4 is 40.3 Å². The second kappa shape index (κ2) is 6.51. The average molecular weight is 419 g/mol. The smallest absolute Gasteiger partial charge is 0.218 e. The Morgan fingerprint density at radius 1 is 1.15 bits per heavy atom. The second-order valence-electron chi connectivity index (χ2n) is 6.41. The van der Waals surface area contributed by atoms with Gasteiger partial charge in [-0.15, -0.1) is 11.3 Å². The van der Waals surface area contributed by atoms with Gasteiger partial charge in [0.2, 0.25) is 6.23 Å². The Morgan fingerprint density at radius 3 is 2.81 bits per heavy atom. The zero-order valence-corrected chi connectivity index (χ0v) is 16.2. The predicted molar refractivity (Wildman–Crippen MR) is 106 cm³/mol. The van der Waals surface area contributed by atoms with Gasteiger partial charge in [0.1, 0.15) is 11.6 Å². The standard InChI is InChI=1S/C20H13Cl2FN2OS/c21-11-6-7-17-12(9-11)16-10-15(18-5-2-8-27-18)24-25(16)20(26-17)19-13(22)3-1-4-14(19)23/h1-9,16,20H,10H2/t16-,20-/m1/s1. The third-order valence-electron chi connectivity index (χ3n) is 4.80. The number of halogens is 3. The van der Waals surface area contributed by atoms with Crippen molar-refractivity contribution in [2.24, 2.45) is 5.10 Å². The molecule has 0 spiro atoms. The lowest BCUT2D eigenvalue weighted by molar-refractivity contribution is -0.0211. The van der Waals surface area contributed by atoms with E-state index < -0.39 is 12.0 Å². The molecule has 5 rings (SSSR count). The van der Waals surface area contributed by atoms with Crippen molar-refractivity contribution < 1.29 is 9.13 Å². The molecule has 0 saturated heterocycles. The van der Waals surface area contributed by atoms with E-state index in [1.54, 1.807) is 34.5 Å². The van der Waals surface area contributed by atoms with Gasteiger partial charge in [0, 0.05) is 17.0 Å². The second-order valence-corrected chi connectivity index (χ2v) is 8.20. The van der Waals surface area contributed by atoms with E-state index in [9.17, 15) is 4.39 Å². The Balaban J connectivity index is 1.66. The summed E-state index contributed by atoms with van der Waals surface area (Å²) in [5.41, 5.74) is 2.19. The molecule has 3 nitrogen and oxygen atoms in total. The first-order valence-corrected chi connectivity index (χ1v) is 10.0. The maximum Gasteiger partial charge on any atom is 0.218 e. The number of hydrogen-bond donors (Lipinski definition) is 0. The first kappa shape index (κ1) is 17.0. The molecule has 0 unspecified atom stereocenters. The van der Waals surface area contributed by atoms with Crippen LogP contribution in [0.25, 0.3) is 0 Å². The van der Waals surface area contributed by atoms with Crippen LogP contribution in [-0.2, 0) is 0 Å². The van der Waals surface area contributed by atoms with Crippen molar-refractivity contribution in [1.82, 2.24) is 5.01 Å². The molecule has 2 aliphatic rings. The minimum Gasteiger partial charge on any atom is -0.464 e. The molecule has 0 saturated carbocycles. The van der Waals surface area contributed by atoms with Gasteiger partial charge in [-0.3, -0.25) is 0 Å². The number of fused-ring (bicyclic) bond motifs is 3. The Labute approximate surface area is 169 Å².